The zero-order chi connectivity index (χ0) is 12.8. The molecule has 0 N–H and O–H groups in total. The fraction of sp³-hybridized carbons (Fsp3) is 0.556. The normalized spacial score (nSPS) is 27.9. The van der Waals surface area contributed by atoms with Crippen LogP contribution in [0, 0.1) is 0 Å². The molecule has 0 saturated heterocycles. The molecule has 1 aliphatic heterocycles. The van der Waals surface area contributed by atoms with Crippen LogP contribution >= 0.6 is 0 Å². The molecular weight excluding hydrogens is 275 g/mol. The summed E-state index contributed by atoms with van der Waals surface area (Å²) in [5, 5.41) is 0. The number of carbonyl (C=O) groups is 2. The van der Waals surface area contributed by atoms with Gasteiger partial charge in [-0.2, -0.15) is 0 Å². The van der Waals surface area contributed by atoms with Crippen molar-refractivity contribution in [3.8, 4) is 0 Å². The molecule has 0 saturated carbocycles. The number of ketones is 2. The summed E-state index contributed by atoms with van der Waals surface area (Å²) in [6, 6.07) is 0. The Kier molecular flexibility index (Phi) is 4.29. The zero-order valence-corrected chi connectivity index (χ0v) is 12.7. The predicted octanol–water partition coefficient (Wildman–Crippen LogP) is -3.91. The van der Waals surface area contributed by atoms with Gasteiger partial charge >= 0.3 is 29.6 Å². The van der Waals surface area contributed by atoms with Crippen LogP contribution in [0.3, 0.4) is 0 Å². The molecule has 2 rings (SSSR count). The van der Waals surface area contributed by atoms with Crippen molar-refractivity contribution in [1.29, 1.82) is 0 Å². The number of hydrogen-bond donors (Lipinski definition) is 0. The van der Waals surface area contributed by atoms with Crippen LogP contribution in [0.5, 0.6) is 0 Å². The molecule has 0 bridgehead atoms. The molecule has 18 heavy (non-hydrogen) atoms. The van der Waals surface area contributed by atoms with Gasteiger partial charge < -0.3 is 14.0 Å². The standard InChI is InChI=1S/C9H10O7S.Na/c1-9(17(12,13)14)4-5(10)6-7(8(9)11)16-3-2-15-6;/h2-4H2,1H3,(H,12,13,14);/q;+1/p-1. The minimum atomic E-state index is -4.95. The van der Waals surface area contributed by atoms with Gasteiger partial charge in [0.05, 0.1) is 0 Å². The average molecular weight is 284 g/mol. The molecule has 9 heteroatoms. The second kappa shape index (κ2) is 4.93. The SMILES string of the molecule is CC1(S(=O)(=O)[O-])CC(=O)C2=C(OCCO2)C1=O.[Na+]. The third-order valence-electron chi connectivity index (χ3n) is 2.77. The van der Waals surface area contributed by atoms with Gasteiger partial charge in [-0.05, 0) is 6.92 Å². The first kappa shape index (κ1) is 15.6. The Labute approximate surface area is 126 Å². The van der Waals surface area contributed by atoms with E-state index in [1.807, 2.05) is 0 Å². The molecule has 0 fully saturated rings. The molecule has 1 unspecified atom stereocenters. The van der Waals surface area contributed by atoms with Gasteiger partial charge in [0, 0.05) is 6.42 Å². The quantitative estimate of drug-likeness (QED) is 0.357. The second-order valence-corrected chi connectivity index (χ2v) is 5.78. The number of rotatable bonds is 1. The number of carbonyl (C=O) groups excluding carboxylic acids is 2. The topological polar surface area (TPSA) is 110 Å². The van der Waals surface area contributed by atoms with Crippen LogP contribution in [-0.4, -0.2) is 42.5 Å². The second-order valence-electron chi connectivity index (χ2n) is 3.97. The van der Waals surface area contributed by atoms with Gasteiger partial charge in [-0.3, -0.25) is 9.59 Å². The summed E-state index contributed by atoms with van der Waals surface area (Å²) < 4.78 is 40.9. The Morgan fingerprint density at radius 2 is 1.67 bits per heavy atom. The van der Waals surface area contributed by atoms with Crippen LogP contribution in [0.2, 0.25) is 0 Å². The first-order valence-electron chi connectivity index (χ1n) is 4.81. The van der Waals surface area contributed by atoms with Crippen LogP contribution in [0.1, 0.15) is 13.3 Å². The van der Waals surface area contributed by atoms with Crippen molar-refractivity contribution in [1.82, 2.24) is 0 Å². The Morgan fingerprint density at radius 1 is 1.17 bits per heavy atom. The molecule has 1 aliphatic carbocycles. The molecule has 0 radical (unpaired) electrons. The van der Waals surface area contributed by atoms with Gasteiger partial charge in [0.2, 0.25) is 23.1 Å². The number of allylic oxidation sites excluding steroid dienone is 2. The van der Waals surface area contributed by atoms with E-state index in [9.17, 15) is 22.6 Å². The van der Waals surface area contributed by atoms with Crippen molar-refractivity contribution >= 4 is 21.7 Å². The van der Waals surface area contributed by atoms with Crippen molar-refractivity contribution in [3.05, 3.63) is 11.5 Å². The molecule has 0 aromatic carbocycles. The van der Waals surface area contributed by atoms with E-state index in [1.165, 1.54) is 0 Å². The van der Waals surface area contributed by atoms with E-state index in [2.05, 4.69) is 0 Å². The molecule has 1 atom stereocenters. The van der Waals surface area contributed by atoms with Gasteiger partial charge in [0.25, 0.3) is 0 Å². The van der Waals surface area contributed by atoms with Crippen molar-refractivity contribution in [2.24, 2.45) is 0 Å². The fourth-order valence-corrected chi connectivity index (χ4v) is 2.33. The minimum absolute atomic E-state index is 0. The first-order chi connectivity index (χ1) is 7.77. The number of hydrogen-bond acceptors (Lipinski definition) is 7. The molecule has 1 heterocycles. The predicted molar refractivity (Wildman–Crippen MR) is 51.7 cm³/mol. The van der Waals surface area contributed by atoms with Crippen LogP contribution in [0.4, 0.5) is 0 Å². The summed E-state index contributed by atoms with van der Waals surface area (Å²) in [5.74, 6) is -2.44. The summed E-state index contributed by atoms with van der Waals surface area (Å²) in [4.78, 5) is 23.5. The molecule has 0 spiro atoms. The summed E-state index contributed by atoms with van der Waals surface area (Å²) in [7, 11) is -4.95. The van der Waals surface area contributed by atoms with Gasteiger partial charge in [0.1, 0.15) is 28.1 Å². The molecule has 0 aromatic heterocycles. The van der Waals surface area contributed by atoms with Gasteiger partial charge in [0.15, 0.2) is 0 Å². The summed E-state index contributed by atoms with van der Waals surface area (Å²) in [5.41, 5.74) is 0. The van der Waals surface area contributed by atoms with Crippen LogP contribution in [-0.2, 0) is 29.2 Å². The van der Waals surface area contributed by atoms with Crippen molar-refractivity contribution < 1.29 is 61.6 Å². The zero-order valence-electron chi connectivity index (χ0n) is 9.89. The Hall–Kier alpha value is -0.410. The van der Waals surface area contributed by atoms with E-state index < -0.39 is 38.6 Å². The van der Waals surface area contributed by atoms with Gasteiger partial charge in [-0.25, -0.2) is 8.42 Å². The van der Waals surface area contributed by atoms with E-state index in [4.69, 9.17) is 9.47 Å². The van der Waals surface area contributed by atoms with E-state index in [1.54, 1.807) is 0 Å². The van der Waals surface area contributed by atoms with Gasteiger partial charge in [-0.1, -0.05) is 0 Å². The third-order valence-corrected chi connectivity index (χ3v) is 4.21. The fourth-order valence-electron chi connectivity index (χ4n) is 1.70. The van der Waals surface area contributed by atoms with E-state index in [0.29, 0.717) is 0 Å². The molecular formula is C9H9NaO7S. The number of ether oxygens (including phenoxy) is 2. The maximum absolute atomic E-state index is 11.9. The van der Waals surface area contributed by atoms with Gasteiger partial charge in [-0.15, -0.1) is 0 Å². The van der Waals surface area contributed by atoms with Crippen molar-refractivity contribution in [2.45, 2.75) is 18.1 Å². The number of Topliss-reactive ketones (excluding diaryl/α,β-unsaturated/α-hetero) is 2. The summed E-state index contributed by atoms with van der Waals surface area (Å²) in [6.45, 7) is 1.07. The minimum Gasteiger partial charge on any atom is -0.747 e. The van der Waals surface area contributed by atoms with Crippen LogP contribution in [0.25, 0.3) is 0 Å². The van der Waals surface area contributed by atoms with E-state index in [-0.39, 0.29) is 48.5 Å². The first-order valence-corrected chi connectivity index (χ1v) is 6.21. The van der Waals surface area contributed by atoms with Crippen LogP contribution < -0.4 is 29.6 Å². The summed E-state index contributed by atoms with van der Waals surface area (Å²) in [6.07, 6.45) is -0.708. The molecule has 94 valence electrons. The smallest absolute Gasteiger partial charge is 0.747 e. The average Bonchev–Trinajstić information content (AvgIpc) is 2.25. The summed E-state index contributed by atoms with van der Waals surface area (Å²) >= 11 is 0. The van der Waals surface area contributed by atoms with Crippen molar-refractivity contribution in [2.75, 3.05) is 13.2 Å². The van der Waals surface area contributed by atoms with E-state index >= 15 is 0 Å². The molecule has 0 aromatic rings. The van der Waals surface area contributed by atoms with Crippen molar-refractivity contribution in [3.63, 3.8) is 0 Å². The maximum Gasteiger partial charge on any atom is 1.00 e. The Balaban J connectivity index is 0.00000162. The molecule has 0 amide bonds. The maximum atomic E-state index is 11.9. The third kappa shape index (κ3) is 2.23. The largest absolute Gasteiger partial charge is 1.00 e. The van der Waals surface area contributed by atoms with Crippen LogP contribution in [0.15, 0.2) is 11.5 Å². The van der Waals surface area contributed by atoms with E-state index in [0.717, 1.165) is 6.92 Å². The molecule has 2 aliphatic rings. The Morgan fingerprint density at radius 3 is 2.17 bits per heavy atom. The molecule has 7 nitrogen and oxygen atoms in total. The monoisotopic (exact) mass is 284 g/mol. The Bertz CT molecular complexity index is 535.